The van der Waals surface area contributed by atoms with Crippen molar-refractivity contribution < 1.29 is 14.6 Å². The molecule has 1 aromatic heterocycles. The molecule has 0 spiro atoms. The van der Waals surface area contributed by atoms with Crippen LogP contribution in [0.25, 0.3) is 0 Å². The minimum Gasteiger partial charge on any atom is -0.444 e. The minimum atomic E-state index is -0.650. The lowest BCUT2D eigenvalue weighted by Gasteiger charge is -2.22. The largest absolute Gasteiger partial charge is 0.444 e. The van der Waals surface area contributed by atoms with Gasteiger partial charge in [0.25, 0.3) is 0 Å². The van der Waals surface area contributed by atoms with Crippen LogP contribution in [-0.4, -0.2) is 47.0 Å². The molecule has 1 aliphatic rings. The predicted molar refractivity (Wildman–Crippen MR) is 83.3 cm³/mol. The molecular weight excluding hydrogens is 338 g/mol. The number of anilines is 1. The first kappa shape index (κ1) is 16.0. The number of hydrogen-bond acceptors (Lipinski definition) is 5. The molecule has 7 heteroatoms. The topological polar surface area (TPSA) is 74.7 Å². The molecule has 2 rings (SSSR count). The van der Waals surface area contributed by atoms with E-state index in [0.29, 0.717) is 13.1 Å². The van der Waals surface area contributed by atoms with Gasteiger partial charge in [0.15, 0.2) is 0 Å². The van der Waals surface area contributed by atoms with Crippen LogP contribution in [0, 0.1) is 0 Å². The van der Waals surface area contributed by atoms with Crippen LogP contribution in [0.3, 0.4) is 0 Å². The van der Waals surface area contributed by atoms with Gasteiger partial charge in [0, 0.05) is 23.8 Å². The lowest BCUT2D eigenvalue weighted by Crippen LogP contribution is -2.45. The van der Waals surface area contributed by atoms with Crippen molar-refractivity contribution in [1.82, 2.24) is 10.3 Å². The van der Waals surface area contributed by atoms with Gasteiger partial charge in [0.1, 0.15) is 11.4 Å². The maximum Gasteiger partial charge on any atom is 0.408 e. The molecular formula is C14H20BrN3O3. The second kappa shape index (κ2) is 6.19. The average Bonchev–Trinajstić information content (AvgIpc) is 2.69. The van der Waals surface area contributed by atoms with Crippen LogP contribution in [0.1, 0.15) is 20.8 Å². The van der Waals surface area contributed by atoms with Gasteiger partial charge in [-0.15, -0.1) is 0 Å². The Morgan fingerprint density at radius 1 is 1.48 bits per heavy atom. The molecule has 21 heavy (non-hydrogen) atoms. The summed E-state index contributed by atoms with van der Waals surface area (Å²) in [6.07, 6.45) is 0.538. The summed E-state index contributed by atoms with van der Waals surface area (Å²) in [5, 5.41) is 12.8. The van der Waals surface area contributed by atoms with Gasteiger partial charge in [0.2, 0.25) is 0 Å². The van der Waals surface area contributed by atoms with Crippen molar-refractivity contribution >= 4 is 27.8 Å². The molecule has 0 radical (unpaired) electrons. The standard InChI is InChI=1S/C14H20BrN3O3/c1-14(2,3)21-13(20)17-10-7-18(8-11(10)19)12-5-4-9(15)6-16-12/h4-6,10-11,19H,7-8H2,1-3H3,(H,17,20)/t10-,11+/m0/s1. The van der Waals surface area contributed by atoms with E-state index in [1.165, 1.54) is 0 Å². The number of β-amino-alcohol motifs (C(OH)–C–C–N with tert-alkyl or cyclic N) is 1. The fraction of sp³-hybridized carbons (Fsp3) is 0.571. The number of pyridine rings is 1. The van der Waals surface area contributed by atoms with Gasteiger partial charge in [-0.3, -0.25) is 0 Å². The van der Waals surface area contributed by atoms with Crippen molar-refractivity contribution in [3.05, 3.63) is 22.8 Å². The molecule has 2 atom stereocenters. The maximum absolute atomic E-state index is 11.8. The highest BCUT2D eigenvalue weighted by Gasteiger charge is 2.34. The van der Waals surface area contributed by atoms with E-state index < -0.39 is 17.8 Å². The van der Waals surface area contributed by atoms with E-state index >= 15 is 0 Å². The average molecular weight is 358 g/mol. The Morgan fingerprint density at radius 2 is 2.19 bits per heavy atom. The van der Waals surface area contributed by atoms with E-state index in [9.17, 15) is 9.90 Å². The predicted octanol–water partition coefficient (Wildman–Crippen LogP) is 1.92. The molecule has 1 aromatic rings. The van der Waals surface area contributed by atoms with Gasteiger partial charge in [-0.25, -0.2) is 9.78 Å². The van der Waals surface area contributed by atoms with Crippen LogP contribution in [0.2, 0.25) is 0 Å². The molecule has 0 unspecified atom stereocenters. The summed E-state index contributed by atoms with van der Waals surface area (Å²) >= 11 is 3.33. The molecule has 1 aliphatic heterocycles. The summed E-state index contributed by atoms with van der Waals surface area (Å²) in [6, 6.07) is 3.39. The highest BCUT2D eigenvalue weighted by Crippen LogP contribution is 2.20. The Labute approximate surface area is 132 Å². The number of rotatable bonds is 2. The number of nitrogens with zero attached hydrogens (tertiary/aromatic N) is 2. The number of aliphatic hydroxyl groups excluding tert-OH is 1. The number of hydrogen-bond donors (Lipinski definition) is 2. The molecule has 1 saturated heterocycles. The highest BCUT2D eigenvalue weighted by atomic mass is 79.9. The first-order valence-electron chi connectivity index (χ1n) is 6.79. The summed E-state index contributed by atoms with van der Waals surface area (Å²) in [4.78, 5) is 18.0. The molecule has 0 aliphatic carbocycles. The number of ether oxygens (including phenoxy) is 1. The van der Waals surface area contributed by atoms with Crippen molar-refractivity contribution in [3.63, 3.8) is 0 Å². The third kappa shape index (κ3) is 4.57. The number of aromatic nitrogens is 1. The first-order chi connectivity index (χ1) is 9.74. The molecule has 2 heterocycles. The Morgan fingerprint density at radius 3 is 2.76 bits per heavy atom. The van der Waals surface area contributed by atoms with Crippen LogP contribution in [0.5, 0.6) is 0 Å². The second-order valence-corrected chi connectivity index (χ2v) is 6.98. The van der Waals surface area contributed by atoms with Gasteiger partial charge >= 0.3 is 6.09 Å². The van der Waals surface area contributed by atoms with E-state index in [-0.39, 0.29) is 6.04 Å². The van der Waals surface area contributed by atoms with E-state index in [4.69, 9.17) is 4.74 Å². The third-order valence-electron chi connectivity index (χ3n) is 3.03. The minimum absolute atomic E-state index is 0.370. The lowest BCUT2D eigenvalue weighted by molar-refractivity contribution is 0.0461. The van der Waals surface area contributed by atoms with E-state index in [0.717, 1.165) is 10.3 Å². The summed E-state index contributed by atoms with van der Waals surface area (Å²) in [6.45, 7) is 6.32. The van der Waals surface area contributed by atoms with Crippen LogP contribution < -0.4 is 10.2 Å². The Hall–Kier alpha value is -1.34. The fourth-order valence-corrected chi connectivity index (χ4v) is 2.36. The van der Waals surface area contributed by atoms with Gasteiger partial charge in [-0.05, 0) is 48.8 Å². The Bertz CT molecular complexity index is 501. The molecule has 6 nitrogen and oxygen atoms in total. The van der Waals surface area contributed by atoms with Crippen LogP contribution >= 0.6 is 15.9 Å². The molecule has 1 amide bonds. The van der Waals surface area contributed by atoms with E-state index in [1.54, 1.807) is 27.0 Å². The number of alkyl carbamates (subject to hydrolysis) is 1. The van der Waals surface area contributed by atoms with Crippen molar-refractivity contribution in [1.29, 1.82) is 0 Å². The van der Waals surface area contributed by atoms with Gasteiger partial charge in [0.05, 0.1) is 12.1 Å². The smallest absolute Gasteiger partial charge is 0.408 e. The van der Waals surface area contributed by atoms with Crippen LogP contribution in [0.4, 0.5) is 10.6 Å². The van der Waals surface area contributed by atoms with Crippen LogP contribution in [0.15, 0.2) is 22.8 Å². The van der Waals surface area contributed by atoms with Gasteiger partial charge < -0.3 is 20.1 Å². The second-order valence-electron chi connectivity index (χ2n) is 6.06. The van der Waals surface area contributed by atoms with Crippen molar-refractivity contribution in [2.24, 2.45) is 0 Å². The molecule has 0 saturated carbocycles. The summed E-state index contributed by atoms with van der Waals surface area (Å²) in [5.74, 6) is 0.769. The number of carbonyl (C=O) groups excluding carboxylic acids is 1. The quantitative estimate of drug-likeness (QED) is 0.845. The van der Waals surface area contributed by atoms with E-state index in [1.807, 2.05) is 17.0 Å². The van der Waals surface area contributed by atoms with Gasteiger partial charge in [-0.2, -0.15) is 0 Å². The molecule has 116 valence electrons. The summed E-state index contributed by atoms with van der Waals surface area (Å²) in [7, 11) is 0. The third-order valence-corrected chi connectivity index (χ3v) is 3.50. The molecule has 1 fully saturated rings. The highest BCUT2D eigenvalue weighted by molar-refractivity contribution is 9.10. The molecule has 0 bridgehead atoms. The monoisotopic (exact) mass is 357 g/mol. The van der Waals surface area contributed by atoms with Crippen LogP contribution in [-0.2, 0) is 4.74 Å². The fourth-order valence-electron chi connectivity index (χ4n) is 2.13. The number of carbonyl (C=O) groups is 1. The van der Waals surface area contributed by atoms with Crippen molar-refractivity contribution in [3.8, 4) is 0 Å². The SMILES string of the molecule is CC(C)(C)OC(=O)N[C@H]1CN(c2ccc(Br)cn2)C[C@H]1O. The summed E-state index contributed by atoms with van der Waals surface area (Å²) < 4.78 is 6.10. The molecule has 0 aromatic carbocycles. The molecule has 2 N–H and O–H groups in total. The lowest BCUT2D eigenvalue weighted by atomic mass is 10.2. The zero-order valence-electron chi connectivity index (χ0n) is 12.3. The van der Waals surface area contributed by atoms with Gasteiger partial charge in [-0.1, -0.05) is 0 Å². The number of halogens is 1. The summed E-state index contributed by atoms with van der Waals surface area (Å²) in [5.41, 5.74) is -0.555. The Kier molecular flexibility index (Phi) is 4.73. The van der Waals surface area contributed by atoms with E-state index in [2.05, 4.69) is 26.2 Å². The first-order valence-corrected chi connectivity index (χ1v) is 7.58. The number of nitrogens with one attached hydrogen (secondary N) is 1. The Balaban J connectivity index is 1.95. The number of aliphatic hydroxyl groups is 1. The maximum atomic E-state index is 11.8. The van der Waals surface area contributed by atoms with Crippen molar-refractivity contribution in [2.45, 2.75) is 38.5 Å². The normalized spacial score (nSPS) is 22.2. The zero-order valence-corrected chi connectivity index (χ0v) is 13.9. The van der Waals surface area contributed by atoms with Crippen molar-refractivity contribution in [2.75, 3.05) is 18.0 Å². The zero-order chi connectivity index (χ0) is 15.6. The number of amides is 1.